The first-order valence-corrected chi connectivity index (χ1v) is 35.1. The molecule has 0 aliphatic heterocycles. The van der Waals surface area contributed by atoms with E-state index in [4.69, 9.17) is 14.2 Å². The van der Waals surface area contributed by atoms with E-state index in [1.165, 1.54) is 212 Å². The Labute approximate surface area is 503 Å². The Morgan fingerprint density at radius 2 is 0.481 bits per heavy atom. The van der Waals surface area contributed by atoms with E-state index in [0.29, 0.717) is 19.3 Å². The van der Waals surface area contributed by atoms with Crippen LogP contribution in [0.25, 0.3) is 0 Å². The Kier molecular flexibility index (Phi) is 66.2. The summed E-state index contributed by atoms with van der Waals surface area (Å²) in [5, 5.41) is 0. The Hall–Kier alpha value is -3.41. The third-order valence-electron chi connectivity index (χ3n) is 15.4. The highest BCUT2D eigenvalue weighted by Crippen LogP contribution is 2.18. The SMILES string of the molecule is CC/C=C\C/C=C\C/C=C\C/C=C\C/C=C\CCCCCC(=O)OC(COC(=O)CCCCCCCCCCCCCCC)COC(=O)CCCCCCCCCCCCCCCCCCCCC/C=C\C/C=C\CCCCCCC. The second-order valence-corrected chi connectivity index (χ2v) is 23.4. The molecular weight excluding hydrogens is 997 g/mol. The zero-order valence-electron chi connectivity index (χ0n) is 53.8. The zero-order chi connectivity index (χ0) is 58.5. The van der Waals surface area contributed by atoms with Crippen LogP contribution in [0, 0.1) is 0 Å². The molecule has 0 aliphatic rings. The third-order valence-corrected chi connectivity index (χ3v) is 15.4. The van der Waals surface area contributed by atoms with E-state index >= 15 is 0 Å². The van der Waals surface area contributed by atoms with Gasteiger partial charge in [0.15, 0.2) is 6.10 Å². The van der Waals surface area contributed by atoms with Gasteiger partial charge < -0.3 is 14.2 Å². The lowest BCUT2D eigenvalue weighted by atomic mass is 10.0. The molecule has 1 atom stereocenters. The molecule has 1 unspecified atom stereocenters. The third kappa shape index (κ3) is 67.3. The maximum atomic E-state index is 12.9. The average Bonchev–Trinajstić information content (AvgIpc) is 3.46. The van der Waals surface area contributed by atoms with Crippen LogP contribution in [-0.4, -0.2) is 37.2 Å². The number of carbonyl (C=O) groups is 3. The van der Waals surface area contributed by atoms with E-state index in [9.17, 15) is 14.4 Å². The van der Waals surface area contributed by atoms with Crippen LogP contribution >= 0.6 is 0 Å². The van der Waals surface area contributed by atoms with Crippen LogP contribution in [0.15, 0.2) is 85.1 Å². The summed E-state index contributed by atoms with van der Waals surface area (Å²) in [4.78, 5) is 38.4. The first-order valence-electron chi connectivity index (χ1n) is 35.1. The fourth-order valence-electron chi connectivity index (χ4n) is 10.2. The first kappa shape index (κ1) is 77.6. The second-order valence-electron chi connectivity index (χ2n) is 23.4. The highest BCUT2D eigenvalue weighted by atomic mass is 16.6. The molecule has 0 heterocycles. The van der Waals surface area contributed by atoms with Crippen molar-refractivity contribution in [3.8, 4) is 0 Å². The van der Waals surface area contributed by atoms with Crippen molar-refractivity contribution in [3.63, 3.8) is 0 Å². The van der Waals surface area contributed by atoms with Gasteiger partial charge in [-0.2, -0.15) is 0 Å². The molecule has 6 nitrogen and oxygen atoms in total. The molecule has 0 bridgehead atoms. The Morgan fingerprint density at radius 1 is 0.259 bits per heavy atom. The number of rotatable bonds is 64. The van der Waals surface area contributed by atoms with E-state index in [1.807, 2.05) is 0 Å². The molecule has 0 aliphatic carbocycles. The molecule has 6 heteroatoms. The number of unbranched alkanes of at least 4 members (excludes halogenated alkanes) is 39. The predicted octanol–water partition coefficient (Wildman–Crippen LogP) is 24.2. The Morgan fingerprint density at radius 3 is 0.765 bits per heavy atom. The van der Waals surface area contributed by atoms with Crippen molar-refractivity contribution in [2.24, 2.45) is 0 Å². The quantitative estimate of drug-likeness (QED) is 0.0261. The van der Waals surface area contributed by atoms with Crippen molar-refractivity contribution >= 4 is 17.9 Å². The Bertz CT molecular complexity index is 1530. The molecule has 0 amide bonds. The highest BCUT2D eigenvalue weighted by Gasteiger charge is 2.19. The van der Waals surface area contributed by atoms with Crippen molar-refractivity contribution in [2.45, 2.75) is 361 Å². The van der Waals surface area contributed by atoms with E-state index in [2.05, 4.69) is 106 Å². The number of carbonyl (C=O) groups excluding carboxylic acids is 3. The normalized spacial score (nSPS) is 12.6. The largest absolute Gasteiger partial charge is 0.462 e. The molecule has 81 heavy (non-hydrogen) atoms. The van der Waals surface area contributed by atoms with Gasteiger partial charge in [-0.15, -0.1) is 0 Å². The van der Waals surface area contributed by atoms with Crippen LogP contribution in [-0.2, 0) is 28.6 Å². The van der Waals surface area contributed by atoms with Crippen LogP contribution in [0.5, 0.6) is 0 Å². The minimum atomic E-state index is -0.793. The van der Waals surface area contributed by atoms with Crippen LogP contribution in [0.1, 0.15) is 355 Å². The van der Waals surface area contributed by atoms with Crippen molar-refractivity contribution in [2.75, 3.05) is 13.2 Å². The summed E-state index contributed by atoms with van der Waals surface area (Å²) in [6.07, 6.45) is 91.9. The fourth-order valence-corrected chi connectivity index (χ4v) is 10.2. The molecule has 468 valence electrons. The van der Waals surface area contributed by atoms with Gasteiger partial charge in [-0.05, 0) is 96.3 Å². The van der Waals surface area contributed by atoms with Gasteiger partial charge in [0.05, 0.1) is 0 Å². The van der Waals surface area contributed by atoms with Gasteiger partial charge in [-0.3, -0.25) is 14.4 Å². The van der Waals surface area contributed by atoms with E-state index < -0.39 is 6.10 Å². The smallest absolute Gasteiger partial charge is 0.306 e. The second kappa shape index (κ2) is 69.1. The van der Waals surface area contributed by atoms with Gasteiger partial charge >= 0.3 is 17.9 Å². The average molecular weight is 1130 g/mol. The van der Waals surface area contributed by atoms with Crippen molar-refractivity contribution in [1.82, 2.24) is 0 Å². The molecule has 0 aromatic carbocycles. The molecule has 0 fully saturated rings. The molecule has 0 aromatic heterocycles. The summed E-state index contributed by atoms with van der Waals surface area (Å²) >= 11 is 0. The van der Waals surface area contributed by atoms with E-state index in [0.717, 1.165) is 103 Å². The molecular formula is C75H132O6. The maximum absolute atomic E-state index is 12.9. The van der Waals surface area contributed by atoms with E-state index in [-0.39, 0.29) is 31.1 Å². The Balaban J connectivity index is 4.22. The lowest BCUT2D eigenvalue weighted by Gasteiger charge is -2.18. The molecule has 0 rings (SSSR count). The number of hydrogen-bond donors (Lipinski definition) is 0. The van der Waals surface area contributed by atoms with Crippen molar-refractivity contribution in [3.05, 3.63) is 85.1 Å². The first-order chi connectivity index (χ1) is 40.0. The maximum Gasteiger partial charge on any atom is 0.306 e. The topological polar surface area (TPSA) is 78.9 Å². The minimum Gasteiger partial charge on any atom is -0.462 e. The zero-order valence-corrected chi connectivity index (χ0v) is 53.8. The predicted molar refractivity (Wildman–Crippen MR) is 353 cm³/mol. The van der Waals surface area contributed by atoms with Gasteiger partial charge in [0.25, 0.3) is 0 Å². The van der Waals surface area contributed by atoms with Crippen LogP contribution in [0.4, 0.5) is 0 Å². The monoisotopic (exact) mass is 1130 g/mol. The fraction of sp³-hybridized carbons (Fsp3) is 0.773. The van der Waals surface area contributed by atoms with Gasteiger partial charge in [0.1, 0.15) is 13.2 Å². The molecule has 0 radical (unpaired) electrons. The van der Waals surface area contributed by atoms with Crippen LogP contribution in [0.2, 0.25) is 0 Å². The highest BCUT2D eigenvalue weighted by molar-refractivity contribution is 5.71. The summed E-state index contributed by atoms with van der Waals surface area (Å²) < 4.78 is 16.9. The molecule has 0 N–H and O–H groups in total. The number of esters is 3. The summed E-state index contributed by atoms with van der Waals surface area (Å²) in [6, 6.07) is 0. The molecule has 0 saturated heterocycles. The lowest BCUT2D eigenvalue weighted by Crippen LogP contribution is -2.30. The van der Waals surface area contributed by atoms with Gasteiger partial charge in [0, 0.05) is 19.3 Å². The van der Waals surface area contributed by atoms with Gasteiger partial charge in [0.2, 0.25) is 0 Å². The van der Waals surface area contributed by atoms with Gasteiger partial charge in [-0.25, -0.2) is 0 Å². The number of allylic oxidation sites excluding steroid dienone is 14. The summed E-state index contributed by atoms with van der Waals surface area (Å²) in [5.41, 5.74) is 0. The summed E-state index contributed by atoms with van der Waals surface area (Å²) in [6.45, 7) is 6.53. The summed E-state index contributed by atoms with van der Waals surface area (Å²) in [7, 11) is 0. The van der Waals surface area contributed by atoms with Crippen molar-refractivity contribution in [1.29, 1.82) is 0 Å². The molecule has 0 spiro atoms. The number of ether oxygens (including phenoxy) is 3. The standard InChI is InChI=1S/C75H132O6/c1-4-7-10-13-16-19-22-25-27-29-31-32-33-34-35-36-37-38-39-40-41-42-44-45-47-50-53-56-59-62-65-68-74(77)80-71-72(70-79-73(76)67-64-61-58-55-52-49-24-21-18-15-12-9-6-3)81-75(78)69-66-63-60-57-54-51-48-46-43-30-28-26-23-20-17-14-11-8-5-2/h8,11,17,20,22,25-26,28-29,31,43,46,51,54,72H,4-7,9-10,12-16,18-19,21,23-24,27,30,32-42,44-45,47-50,52-53,55-71H2,1-3H3/b11-8-,20-17-,25-22-,28-26-,31-29-,46-43-,54-51-. The van der Waals surface area contributed by atoms with E-state index in [1.54, 1.807) is 0 Å². The lowest BCUT2D eigenvalue weighted by molar-refractivity contribution is -0.167. The van der Waals surface area contributed by atoms with Crippen LogP contribution < -0.4 is 0 Å². The summed E-state index contributed by atoms with van der Waals surface area (Å²) in [5.74, 6) is -0.900. The number of hydrogen-bond acceptors (Lipinski definition) is 6. The van der Waals surface area contributed by atoms with Crippen LogP contribution in [0.3, 0.4) is 0 Å². The minimum absolute atomic E-state index is 0.0857. The molecule has 0 saturated carbocycles. The molecule has 0 aromatic rings. The van der Waals surface area contributed by atoms with Crippen molar-refractivity contribution < 1.29 is 28.6 Å². The van der Waals surface area contributed by atoms with Gasteiger partial charge in [-0.1, -0.05) is 324 Å².